The normalized spacial score (nSPS) is 22.9. The molecule has 0 saturated carbocycles. The lowest BCUT2D eigenvalue weighted by atomic mass is 10.2. The summed E-state index contributed by atoms with van der Waals surface area (Å²) in [5, 5.41) is 0. The highest BCUT2D eigenvalue weighted by molar-refractivity contribution is 9.10. The van der Waals surface area contributed by atoms with Crippen LogP contribution in [0.25, 0.3) is 0 Å². The van der Waals surface area contributed by atoms with Crippen molar-refractivity contribution in [3.8, 4) is 0 Å². The lowest BCUT2D eigenvalue weighted by Crippen LogP contribution is -2.26. The quantitative estimate of drug-likeness (QED) is 0.807. The Morgan fingerprint density at radius 1 is 1.57 bits per heavy atom. The van der Waals surface area contributed by atoms with Crippen LogP contribution >= 0.6 is 15.9 Å². The number of pyridine rings is 1. The second-order valence-electron chi connectivity index (χ2n) is 3.97. The Morgan fingerprint density at radius 2 is 2.43 bits per heavy atom. The van der Waals surface area contributed by atoms with E-state index in [4.69, 9.17) is 0 Å². The fraction of sp³-hybridized carbons (Fsp3) is 0.545. The van der Waals surface area contributed by atoms with E-state index in [0.717, 1.165) is 17.1 Å². The number of halogens is 1. The molecule has 0 aliphatic carbocycles. The number of hydrogen-bond acceptors (Lipinski definition) is 2. The second kappa shape index (κ2) is 4.41. The summed E-state index contributed by atoms with van der Waals surface area (Å²) in [7, 11) is 0. The van der Waals surface area contributed by atoms with E-state index < -0.39 is 0 Å². The molecule has 1 fully saturated rings. The number of nitrogens with zero attached hydrogens (tertiary/aromatic N) is 2. The molecule has 2 rings (SSSR count). The molecule has 1 saturated heterocycles. The van der Waals surface area contributed by atoms with Crippen LogP contribution in [0.5, 0.6) is 0 Å². The SMILES string of the molecule is CC1CCCN1Cc1cncc(Br)c1. The van der Waals surface area contributed by atoms with Crippen molar-refractivity contribution in [3.63, 3.8) is 0 Å². The van der Waals surface area contributed by atoms with Gasteiger partial charge in [-0.3, -0.25) is 9.88 Å². The zero-order valence-electron chi connectivity index (χ0n) is 8.41. The van der Waals surface area contributed by atoms with Crippen molar-refractivity contribution in [1.82, 2.24) is 9.88 Å². The van der Waals surface area contributed by atoms with Gasteiger partial charge < -0.3 is 0 Å². The first-order chi connectivity index (χ1) is 6.75. The molecule has 1 aromatic rings. The molecule has 1 aliphatic heterocycles. The molecule has 0 radical (unpaired) electrons. The van der Waals surface area contributed by atoms with E-state index in [9.17, 15) is 0 Å². The molecule has 1 unspecified atom stereocenters. The van der Waals surface area contributed by atoms with Crippen LogP contribution in [0.4, 0.5) is 0 Å². The van der Waals surface area contributed by atoms with Crippen molar-refractivity contribution >= 4 is 15.9 Å². The first-order valence-corrected chi connectivity index (χ1v) is 5.88. The van der Waals surface area contributed by atoms with Crippen molar-refractivity contribution in [2.75, 3.05) is 6.54 Å². The molecule has 2 heterocycles. The third-order valence-electron chi connectivity index (χ3n) is 2.84. The molecule has 1 aromatic heterocycles. The van der Waals surface area contributed by atoms with Gasteiger partial charge in [0.05, 0.1) is 0 Å². The maximum Gasteiger partial charge on any atom is 0.0410 e. The number of rotatable bonds is 2. The Balaban J connectivity index is 2.03. The molecule has 0 aromatic carbocycles. The van der Waals surface area contributed by atoms with Crippen LogP contribution in [0.2, 0.25) is 0 Å². The number of aromatic nitrogens is 1. The number of likely N-dealkylation sites (tertiary alicyclic amines) is 1. The van der Waals surface area contributed by atoms with E-state index in [1.54, 1.807) is 0 Å². The summed E-state index contributed by atoms with van der Waals surface area (Å²) in [4.78, 5) is 6.70. The van der Waals surface area contributed by atoms with E-state index in [-0.39, 0.29) is 0 Å². The van der Waals surface area contributed by atoms with Gasteiger partial charge in [-0.25, -0.2) is 0 Å². The molecule has 1 atom stereocenters. The van der Waals surface area contributed by atoms with Gasteiger partial charge in [-0.15, -0.1) is 0 Å². The topological polar surface area (TPSA) is 16.1 Å². The first kappa shape index (κ1) is 10.1. The second-order valence-corrected chi connectivity index (χ2v) is 4.89. The lowest BCUT2D eigenvalue weighted by Gasteiger charge is -2.20. The van der Waals surface area contributed by atoms with Crippen molar-refractivity contribution in [2.45, 2.75) is 32.4 Å². The van der Waals surface area contributed by atoms with Crippen LogP contribution in [-0.4, -0.2) is 22.5 Å². The van der Waals surface area contributed by atoms with Crippen LogP contribution < -0.4 is 0 Å². The van der Waals surface area contributed by atoms with Gasteiger partial charge in [0.25, 0.3) is 0 Å². The van der Waals surface area contributed by atoms with E-state index in [0.29, 0.717) is 0 Å². The smallest absolute Gasteiger partial charge is 0.0410 e. The molecule has 14 heavy (non-hydrogen) atoms. The van der Waals surface area contributed by atoms with E-state index in [2.05, 4.69) is 38.8 Å². The number of hydrogen-bond donors (Lipinski definition) is 0. The van der Waals surface area contributed by atoms with Gasteiger partial charge in [0.2, 0.25) is 0 Å². The zero-order chi connectivity index (χ0) is 9.97. The van der Waals surface area contributed by atoms with Gasteiger partial charge in [-0.1, -0.05) is 0 Å². The average Bonchev–Trinajstić information content (AvgIpc) is 2.52. The Kier molecular flexibility index (Phi) is 3.19. The van der Waals surface area contributed by atoms with Crippen LogP contribution in [0.15, 0.2) is 22.9 Å². The monoisotopic (exact) mass is 254 g/mol. The van der Waals surface area contributed by atoms with Crippen molar-refractivity contribution in [3.05, 3.63) is 28.5 Å². The fourth-order valence-electron chi connectivity index (χ4n) is 2.00. The van der Waals surface area contributed by atoms with Gasteiger partial charge in [0, 0.05) is 29.5 Å². The molecule has 76 valence electrons. The standard InChI is InChI=1S/C11H15BrN2/c1-9-3-2-4-14(9)8-10-5-11(12)7-13-6-10/h5-7,9H,2-4,8H2,1H3. The summed E-state index contributed by atoms with van der Waals surface area (Å²) >= 11 is 3.45. The lowest BCUT2D eigenvalue weighted by molar-refractivity contribution is 0.260. The van der Waals surface area contributed by atoms with E-state index >= 15 is 0 Å². The Bertz CT molecular complexity index is 314. The Hall–Kier alpha value is -0.410. The highest BCUT2D eigenvalue weighted by Crippen LogP contribution is 2.20. The van der Waals surface area contributed by atoms with Crippen molar-refractivity contribution in [1.29, 1.82) is 0 Å². The molecule has 0 bridgehead atoms. The maximum atomic E-state index is 4.18. The predicted molar refractivity (Wildman–Crippen MR) is 61.0 cm³/mol. The molecule has 0 spiro atoms. The Morgan fingerprint density at radius 3 is 3.07 bits per heavy atom. The third kappa shape index (κ3) is 2.34. The molecule has 0 N–H and O–H groups in total. The van der Waals surface area contributed by atoms with Gasteiger partial charge in [0.15, 0.2) is 0 Å². The molecular weight excluding hydrogens is 240 g/mol. The minimum atomic E-state index is 0.731. The summed E-state index contributed by atoms with van der Waals surface area (Å²) in [6.07, 6.45) is 6.46. The predicted octanol–water partition coefficient (Wildman–Crippen LogP) is 2.83. The minimum Gasteiger partial charge on any atom is -0.296 e. The molecule has 3 heteroatoms. The largest absolute Gasteiger partial charge is 0.296 e. The van der Waals surface area contributed by atoms with Gasteiger partial charge >= 0.3 is 0 Å². The van der Waals surface area contributed by atoms with Gasteiger partial charge in [0.1, 0.15) is 0 Å². The average molecular weight is 255 g/mol. The molecule has 1 aliphatic rings. The summed E-state index contributed by atoms with van der Waals surface area (Å²) in [5.74, 6) is 0. The highest BCUT2D eigenvalue weighted by Gasteiger charge is 2.19. The Labute approximate surface area is 93.5 Å². The van der Waals surface area contributed by atoms with Crippen LogP contribution in [-0.2, 0) is 6.54 Å². The maximum absolute atomic E-state index is 4.18. The van der Waals surface area contributed by atoms with Crippen molar-refractivity contribution < 1.29 is 0 Å². The third-order valence-corrected chi connectivity index (χ3v) is 3.27. The zero-order valence-corrected chi connectivity index (χ0v) is 10.00. The summed E-state index contributed by atoms with van der Waals surface area (Å²) in [5.41, 5.74) is 1.30. The summed E-state index contributed by atoms with van der Waals surface area (Å²) in [6.45, 7) is 4.57. The summed E-state index contributed by atoms with van der Waals surface area (Å²) < 4.78 is 1.07. The van der Waals surface area contributed by atoms with Gasteiger partial charge in [-0.05, 0) is 53.9 Å². The van der Waals surface area contributed by atoms with Crippen LogP contribution in [0, 0.1) is 0 Å². The summed E-state index contributed by atoms with van der Waals surface area (Å²) in [6, 6.07) is 2.88. The molecule has 0 amide bonds. The van der Waals surface area contributed by atoms with Crippen LogP contribution in [0.1, 0.15) is 25.3 Å². The van der Waals surface area contributed by atoms with E-state index in [1.807, 2.05) is 12.4 Å². The van der Waals surface area contributed by atoms with Crippen molar-refractivity contribution in [2.24, 2.45) is 0 Å². The van der Waals surface area contributed by atoms with E-state index in [1.165, 1.54) is 24.9 Å². The fourth-order valence-corrected chi connectivity index (χ4v) is 2.42. The first-order valence-electron chi connectivity index (χ1n) is 5.09. The van der Waals surface area contributed by atoms with Gasteiger partial charge in [-0.2, -0.15) is 0 Å². The minimum absolute atomic E-state index is 0.731. The van der Waals surface area contributed by atoms with Crippen LogP contribution in [0.3, 0.4) is 0 Å². The molecule has 2 nitrogen and oxygen atoms in total. The molecular formula is C11H15BrN2. The highest BCUT2D eigenvalue weighted by atomic mass is 79.9.